The zero-order valence-corrected chi connectivity index (χ0v) is 11.4. The molecule has 0 saturated carbocycles. The number of hydrogen-bond acceptors (Lipinski definition) is 3. The van der Waals surface area contributed by atoms with Crippen LogP contribution < -0.4 is 5.63 Å². The van der Waals surface area contributed by atoms with Gasteiger partial charge in [0.05, 0.1) is 0 Å². The summed E-state index contributed by atoms with van der Waals surface area (Å²) in [6.45, 7) is 7.92. The van der Waals surface area contributed by atoms with E-state index in [0.717, 1.165) is 29.6 Å². The number of aryl methyl sites for hydroxylation is 2. The first-order chi connectivity index (χ1) is 8.51. The average molecular weight is 245 g/mol. The molecular formula is C15H19NO2. The van der Waals surface area contributed by atoms with Gasteiger partial charge >= 0.3 is 5.63 Å². The predicted octanol–water partition coefficient (Wildman–Crippen LogP) is 2.86. The summed E-state index contributed by atoms with van der Waals surface area (Å²) in [6, 6.07) is 5.65. The van der Waals surface area contributed by atoms with Crippen molar-refractivity contribution in [3.63, 3.8) is 0 Å². The number of nitrogens with zero attached hydrogens (tertiary/aromatic N) is 1. The van der Waals surface area contributed by atoms with Gasteiger partial charge in [-0.15, -0.1) is 0 Å². The lowest BCUT2D eigenvalue weighted by Gasteiger charge is -2.15. The molecule has 0 saturated heterocycles. The minimum absolute atomic E-state index is 0.273. The smallest absolute Gasteiger partial charge is 0.336 e. The normalized spacial score (nSPS) is 11.4. The van der Waals surface area contributed by atoms with Gasteiger partial charge in [0, 0.05) is 18.0 Å². The van der Waals surface area contributed by atoms with Crippen molar-refractivity contribution in [1.82, 2.24) is 4.90 Å². The molecule has 0 atom stereocenters. The number of fused-ring (bicyclic) bond motifs is 1. The van der Waals surface area contributed by atoms with Gasteiger partial charge in [0.25, 0.3) is 0 Å². The molecule has 0 aliphatic rings. The van der Waals surface area contributed by atoms with E-state index < -0.39 is 0 Å². The van der Waals surface area contributed by atoms with Crippen LogP contribution in [0.15, 0.2) is 27.4 Å². The van der Waals surface area contributed by atoms with E-state index in [1.54, 1.807) is 6.07 Å². The third-order valence-corrected chi connectivity index (χ3v) is 3.42. The van der Waals surface area contributed by atoms with E-state index in [1.807, 2.05) is 20.0 Å². The van der Waals surface area contributed by atoms with E-state index >= 15 is 0 Å². The molecule has 0 fully saturated rings. The summed E-state index contributed by atoms with van der Waals surface area (Å²) in [5, 5.41) is 1.04. The fourth-order valence-corrected chi connectivity index (χ4v) is 2.02. The van der Waals surface area contributed by atoms with Crippen molar-refractivity contribution in [2.45, 2.75) is 27.3 Å². The number of hydrogen-bond donors (Lipinski definition) is 0. The van der Waals surface area contributed by atoms with Crippen molar-refractivity contribution in [1.29, 1.82) is 0 Å². The van der Waals surface area contributed by atoms with Crippen LogP contribution in [0, 0.1) is 13.8 Å². The highest BCUT2D eigenvalue weighted by Crippen LogP contribution is 2.22. The molecular weight excluding hydrogens is 226 g/mol. The Morgan fingerprint density at radius 2 is 1.83 bits per heavy atom. The van der Waals surface area contributed by atoms with Crippen molar-refractivity contribution in [2.24, 2.45) is 0 Å². The molecule has 0 unspecified atom stereocenters. The van der Waals surface area contributed by atoms with Crippen LogP contribution in [0.25, 0.3) is 11.0 Å². The molecule has 0 aliphatic carbocycles. The third-order valence-electron chi connectivity index (χ3n) is 3.42. The van der Waals surface area contributed by atoms with Crippen molar-refractivity contribution < 1.29 is 4.42 Å². The molecule has 0 N–H and O–H groups in total. The van der Waals surface area contributed by atoms with E-state index in [2.05, 4.69) is 24.8 Å². The summed E-state index contributed by atoms with van der Waals surface area (Å²) < 4.78 is 5.28. The van der Waals surface area contributed by atoms with Crippen LogP contribution in [-0.2, 0) is 6.54 Å². The summed E-state index contributed by atoms with van der Waals surface area (Å²) in [7, 11) is 2.04. The monoisotopic (exact) mass is 245 g/mol. The second-order valence-electron chi connectivity index (χ2n) is 4.85. The molecule has 0 bridgehead atoms. The van der Waals surface area contributed by atoms with Crippen molar-refractivity contribution in [3.05, 3.63) is 45.3 Å². The highest BCUT2D eigenvalue weighted by atomic mass is 16.4. The lowest BCUT2D eigenvalue weighted by molar-refractivity contribution is 0.346. The van der Waals surface area contributed by atoms with Gasteiger partial charge < -0.3 is 9.32 Å². The van der Waals surface area contributed by atoms with Gasteiger partial charge in [0.15, 0.2) is 0 Å². The molecule has 2 aromatic rings. The van der Waals surface area contributed by atoms with Crippen molar-refractivity contribution >= 4 is 11.0 Å². The Balaban J connectivity index is 2.64. The standard InChI is InChI=1S/C15H19NO2/c1-5-16(4)9-12-8-15(17)18-14-7-11(3)10(2)6-13(12)14/h6-8H,5,9H2,1-4H3. The fourth-order valence-electron chi connectivity index (χ4n) is 2.02. The molecule has 18 heavy (non-hydrogen) atoms. The van der Waals surface area contributed by atoms with Gasteiger partial charge in [-0.25, -0.2) is 4.79 Å². The molecule has 0 radical (unpaired) electrons. The Hall–Kier alpha value is -1.61. The second-order valence-corrected chi connectivity index (χ2v) is 4.85. The molecule has 1 aromatic carbocycles. The third kappa shape index (κ3) is 2.46. The van der Waals surface area contributed by atoms with Gasteiger partial charge in [0.1, 0.15) is 5.58 Å². The van der Waals surface area contributed by atoms with Crippen LogP contribution in [0.5, 0.6) is 0 Å². The Kier molecular flexibility index (Phi) is 3.53. The maximum absolute atomic E-state index is 11.6. The maximum atomic E-state index is 11.6. The summed E-state index contributed by atoms with van der Waals surface area (Å²) in [5.41, 5.74) is 3.81. The van der Waals surface area contributed by atoms with Crippen molar-refractivity contribution in [2.75, 3.05) is 13.6 Å². The minimum atomic E-state index is -0.273. The quantitative estimate of drug-likeness (QED) is 0.780. The lowest BCUT2D eigenvalue weighted by Crippen LogP contribution is -2.18. The molecule has 3 nitrogen and oxygen atoms in total. The maximum Gasteiger partial charge on any atom is 0.336 e. The largest absolute Gasteiger partial charge is 0.423 e. The van der Waals surface area contributed by atoms with Gasteiger partial charge in [-0.3, -0.25) is 0 Å². The Morgan fingerprint density at radius 1 is 1.17 bits per heavy atom. The highest BCUT2D eigenvalue weighted by Gasteiger charge is 2.09. The van der Waals surface area contributed by atoms with E-state index in [-0.39, 0.29) is 5.63 Å². The van der Waals surface area contributed by atoms with Crippen LogP contribution in [0.2, 0.25) is 0 Å². The Bertz CT molecular complexity index is 628. The second kappa shape index (κ2) is 4.94. The Morgan fingerprint density at radius 3 is 2.50 bits per heavy atom. The number of benzene rings is 1. The van der Waals surface area contributed by atoms with E-state index in [0.29, 0.717) is 5.58 Å². The molecule has 2 rings (SSSR count). The van der Waals surface area contributed by atoms with Gasteiger partial charge in [-0.1, -0.05) is 6.92 Å². The zero-order valence-electron chi connectivity index (χ0n) is 11.4. The van der Waals surface area contributed by atoms with E-state index in [9.17, 15) is 4.79 Å². The molecule has 0 aliphatic heterocycles. The van der Waals surface area contributed by atoms with Crippen LogP contribution in [-0.4, -0.2) is 18.5 Å². The first kappa shape index (κ1) is 12.8. The average Bonchev–Trinajstić information content (AvgIpc) is 2.31. The molecule has 0 spiro atoms. The highest BCUT2D eigenvalue weighted by molar-refractivity contribution is 5.81. The van der Waals surface area contributed by atoms with E-state index in [4.69, 9.17) is 4.42 Å². The van der Waals surface area contributed by atoms with Crippen LogP contribution in [0.1, 0.15) is 23.6 Å². The first-order valence-electron chi connectivity index (χ1n) is 6.23. The summed E-state index contributed by atoms with van der Waals surface area (Å²) >= 11 is 0. The fraction of sp³-hybridized carbons (Fsp3) is 0.400. The summed E-state index contributed by atoms with van der Waals surface area (Å²) in [5.74, 6) is 0. The molecule has 96 valence electrons. The van der Waals surface area contributed by atoms with Gasteiger partial charge in [-0.2, -0.15) is 0 Å². The van der Waals surface area contributed by atoms with Crippen LogP contribution in [0.4, 0.5) is 0 Å². The molecule has 1 heterocycles. The lowest BCUT2D eigenvalue weighted by atomic mass is 10.0. The molecule has 3 heteroatoms. The van der Waals surface area contributed by atoms with Crippen LogP contribution >= 0.6 is 0 Å². The zero-order chi connectivity index (χ0) is 13.3. The predicted molar refractivity (Wildman–Crippen MR) is 74.0 cm³/mol. The summed E-state index contributed by atoms with van der Waals surface area (Å²) in [6.07, 6.45) is 0. The number of rotatable bonds is 3. The van der Waals surface area contributed by atoms with E-state index in [1.165, 1.54) is 5.56 Å². The topological polar surface area (TPSA) is 33.5 Å². The molecule has 0 amide bonds. The minimum Gasteiger partial charge on any atom is -0.423 e. The molecule has 1 aromatic heterocycles. The van der Waals surface area contributed by atoms with Gasteiger partial charge in [-0.05, 0) is 56.3 Å². The van der Waals surface area contributed by atoms with Crippen molar-refractivity contribution in [3.8, 4) is 0 Å². The van der Waals surface area contributed by atoms with Crippen LogP contribution in [0.3, 0.4) is 0 Å². The Labute approximate surface area is 107 Å². The first-order valence-corrected chi connectivity index (χ1v) is 6.23. The van der Waals surface area contributed by atoms with Gasteiger partial charge in [0.2, 0.25) is 0 Å². The SMILES string of the molecule is CCN(C)Cc1cc(=O)oc2cc(C)c(C)cc12. The summed E-state index contributed by atoms with van der Waals surface area (Å²) in [4.78, 5) is 13.8.